The molecule has 1 spiro atoms. The number of rotatable bonds is 2. The van der Waals surface area contributed by atoms with Crippen molar-refractivity contribution in [3.8, 4) is 0 Å². The Morgan fingerprint density at radius 1 is 1.44 bits per heavy atom. The molecule has 2 aliphatic rings. The Morgan fingerprint density at radius 3 is 2.75 bits per heavy atom. The second-order valence-electron chi connectivity index (χ2n) is 5.61. The third-order valence-corrected chi connectivity index (χ3v) is 3.64. The molecule has 0 aromatic carbocycles. The van der Waals surface area contributed by atoms with E-state index in [4.69, 9.17) is 0 Å². The highest BCUT2D eigenvalue weighted by Gasteiger charge is 2.47. The SMILES string of the molecule is CC(C)CN1CCNC2(CCN(C)C2=O)C1. The number of likely N-dealkylation sites (tertiary alicyclic amines) is 1. The lowest BCUT2D eigenvalue weighted by Gasteiger charge is -2.40. The number of carbonyl (C=O) groups is 1. The van der Waals surface area contributed by atoms with E-state index < -0.39 is 0 Å². The van der Waals surface area contributed by atoms with Crippen molar-refractivity contribution < 1.29 is 4.79 Å². The maximum Gasteiger partial charge on any atom is 0.244 e. The van der Waals surface area contributed by atoms with Gasteiger partial charge in [0, 0.05) is 39.8 Å². The first-order valence-electron chi connectivity index (χ1n) is 6.26. The smallest absolute Gasteiger partial charge is 0.244 e. The molecule has 16 heavy (non-hydrogen) atoms. The Balaban J connectivity index is 2.03. The van der Waals surface area contributed by atoms with Crippen LogP contribution in [-0.4, -0.2) is 61.0 Å². The fourth-order valence-corrected chi connectivity index (χ4v) is 2.89. The molecule has 0 aliphatic carbocycles. The Labute approximate surface area is 98.0 Å². The van der Waals surface area contributed by atoms with Crippen LogP contribution in [0.5, 0.6) is 0 Å². The van der Waals surface area contributed by atoms with Crippen LogP contribution >= 0.6 is 0 Å². The van der Waals surface area contributed by atoms with E-state index in [0.29, 0.717) is 5.92 Å². The van der Waals surface area contributed by atoms with Crippen molar-refractivity contribution in [1.29, 1.82) is 0 Å². The molecule has 1 unspecified atom stereocenters. The highest BCUT2D eigenvalue weighted by molar-refractivity contribution is 5.88. The van der Waals surface area contributed by atoms with Crippen LogP contribution in [0.2, 0.25) is 0 Å². The molecule has 2 aliphatic heterocycles. The molecule has 4 heteroatoms. The van der Waals surface area contributed by atoms with Crippen molar-refractivity contribution in [2.45, 2.75) is 25.8 Å². The largest absolute Gasteiger partial charge is 0.344 e. The maximum atomic E-state index is 12.2. The number of hydrogen-bond donors (Lipinski definition) is 1. The first kappa shape index (κ1) is 11.9. The van der Waals surface area contributed by atoms with Crippen molar-refractivity contribution in [2.75, 3.05) is 39.8 Å². The van der Waals surface area contributed by atoms with E-state index in [-0.39, 0.29) is 11.4 Å². The summed E-state index contributed by atoms with van der Waals surface area (Å²) in [5.74, 6) is 0.949. The molecule has 0 aromatic heterocycles. The molecule has 4 nitrogen and oxygen atoms in total. The highest BCUT2D eigenvalue weighted by Crippen LogP contribution is 2.25. The van der Waals surface area contributed by atoms with Crippen molar-refractivity contribution in [3.63, 3.8) is 0 Å². The first-order valence-corrected chi connectivity index (χ1v) is 6.26. The van der Waals surface area contributed by atoms with Gasteiger partial charge in [0.2, 0.25) is 5.91 Å². The molecule has 1 atom stereocenters. The minimum absolute atomic E-state index is 0.276. The molecule has 1 amide bonds. The third-order valence-electron chi connectivity index (χ3n) is 3.64. The minimum Gasteiger partial charge on any atom is -0.344 e. The van der Waals surface area contributed by atoms with Crippen molar-refractivity contribution >= 4 is 5.91 Å². The predicted molar refractivity (Wildman–Crippen MR) is 64.3 cm³/mol. The van der Waals surface area contributed by atoms with E-state index in [1.165, 1.54) is 0 Å². The Bertz CT molecular complexity index is 275. The predicted octanol–water partition coefficient (Wildman–Crippen LogP) is 0.149. The van der Waals surface area contributed by atoms with Crippen LogP contribution in [0.25, 0.3) is 0 Å². The number of carbonyl (C=O) groups excluding carboxylic acids is 1. The van der Waals surface area contributed by atoms with Gasteiger partial charge in [-0.25, -0.2) is 0 Å². The van der Waals surface area contributed by atoms with Gasteiger partial charge in [-0.2, -0.15) is 0 Å². The molecular weight excluding hydrogens is 202 g/mol. The number of amides is 1. The summed E-state index contributed by atoms with van der Waals surface area (Å²) < 4.78 is 0. The summed E-state index contributed by atoms with van der Waals surface area (Å²) in [6, 6.07) is 0. The third kappa shape index (κ3) is 2.09. The van der Waals surface area contributed by atoms with Gasteiger partial charge >= 0.3 is 0 Å². The Hall–Kier alpha value is -0.610. The van der Waals surface area contributed by atoms with Gasteiger partial charge < -0.3 is 10.2 Å². The van der Waals surface area contributed by atoms with Gasteiger partial charge in [-0.1, -0.05) is 13.8 Å². The van der Waals surface area contributed by atoms with E-state index in [9.17, 15) is 4.79 Å². The van der Waals surface area contributed by atoms with Gasteiger partial charge in [0.1, 0.15) is 5.54 Å². The fourth-order valence-electron chi connectivity index (χ4n) is 2.89. The monoisotopic (exact) mass is 225 g/mol. The lowest BCUT2D eigenvalue weighted by atomic mass is 9.94. The van der Waals surface area contributed by atoms with Gasteiger partial charge in [0.05, 0.1) is 0 Å². The van der Waals surface area contributed by atoms with Crippen LogP contribution in [0.3, 0.4) is 0 Å². The van der Waals surface area contributed by atoms with E-state index in [0.717, 1.165) is 39.1 Å². The second-order valence-corrected chi connectivity index (χ2v) is 5.61. The van der Waals surface area contributed by atoms with Crippen LogP contribution < -0.4 is 5.32 Å². The average molecular weight is 225 g/mol. The van der Waals surface area contributed by atoms with Gasteiger partial charge in [-0.3, -0.25) is 9.69 Å². The first-order chi connectivity index (χ1) is 7.53. The molecule has 0 saturated carbocycles. The molecule has 0 radical (unpaired) electrons. The van der Waals surface area contributed by atoms with Crippen LogP contribution in [0, 0.1) is 5.92 Å². The summed E-state index contributed by atoms with van der Waals surface area (Å²) >= 11 is 0. The molecule has 0 aromatic rings. The number of likely N-dealkylation sites (N-methyl/N-ethyl adjacent to an activating group) is 1. The number of nitrogens with zero attached hydrogens (tertiary/aromatic N) is 2. The standard InChI is InChI=1S/C12H23N3O/c1-10(2)8-15-7-5-13-12(9-15)4-6-14(3)11(12)16/h10,13H,4-9H2,1-3H3. The summed E-state index contributed by atoms with van der Waals surface area (Å²) in [5, 5.41) is 3.44. The van der Waals surface area contributed by atoms with Gasteiger partial charge in [-0.15, -0.1) is 0 Å². The van der Waals surface area contributed by atoms with Crippen molar-refractivity contribution in [1.82, 2.24) is 15.1 Å². The normalized spacial score (nSPS) is 32.0. The topological polar surface area (TPSA) is 35.6 Å². The van der Waals surface area contributed by atoms with Gasteiger partial charge in [-0.05, 0) is 12.3 Å². The molecular formula is C12H23N3O. The lowest BCUT2D eigenvalue weighted by molar-refractivity contribution is -0.133. The number of piperazine rings is 1. The molecule has 2 heterocycles. The van der Waals surface area contributed by atoms with Crippen molar-refractivity contribution in [3.05, 3.63) is 0 Å². The fraction of sp³-hybridized carbons (Fsp3) is 0.917. The summed E-state index contributed by atoms with van der Waals surface area (Å²) in [5.41, 5.74) is -0.276. The molecule has 1 N–H and O–H groups in total. The van der Waals surface area contributed by atoms with E-state index in [2.05, 4.69) is 24.1 Å². The Kier molecular flexibility index (Phi) is 3.22. The van der Waals surface area contributed by atoms with Crippen LogP contribution in [-0.2, 0) is 4.79 Å². The summed E-state index contributed by atoms with van der Waals surface area (Å²) in [4.78, 5) is 16.4. The molecule has 2 rings (SSSR count). The molecule has 2 saturated heterocycles. The van der Waals surface area contributed by atoms with E-state index in [1.54, 1.807) is 0 Å². The maximum absolute atomic E-state index is 12.2. The quantitative estimate of drug-likeness (QED) is 0.726. The van der Waals surface area contributed by atoms with Gasteiger partial charge in [0.25, 0.3) is 0 Å². The zero-order valence-corrected chi connectivity index (χ0v) is 10.6. The second kappa shape index (κ2) is 4.34. The highest BCUT2D eigenvalue weighted by atomic mass is 16.2. The summed E-state index contributed by atoms with van der Waals surface area (Å²) in [7, 11) is 1.90. The van der Waals surface area contributed by atoms with Crippen LogP contribution in [0.15, 0.2) is 0 Å². The molecule has 92 valence electrons. The van der Waals surface area contributed by atoms with E-state index >= 15 is 0 Å². The van der Waals surface area contributed by atoms with Crippen LogP contribution in [0.1, 0.15) is 20.3 Å². The van der Waals surface area contributed by atoms with Crippen molar-refractivity contribution in [2.24, 2.45) is 5.92 Å². The summed E-state index contributed by atoms with van der Waals surface area (Å²) in [6.07, 6.45) is 0.955. The number of hydrogen-bond acceptors (Lipinski definition) is 3. The van der Waals surface area contributed by atoms with Crippen LogP contribution in [0.4, 0.5) is 0 Å². The zero-order valence-electron chi connectivity index (χ0n) is 10.6. The summed E-state index contributed by atoms with van der Waals surface area (Å²) in [6.45, 7) is 9.34. The molecule has 2 fully saturated rings. The molecule has 0 bridgehead atoms. The van der Waals surface area contributed by atoms with E-state index in [1.807, 2.05) is 11.9 Å². The number of nitrogens with one attached hydrogen (secondary N) is 1. The van der Waals surface area contributed by atoms with Gasteiger partial charge in [0.15, 0.2) is 0 Å². The zero-order chi connectivity index (χ0) is 11.8. The Morgan fingerprint density at radius 2 is 2.19 bits per heavy atom. The lowest BCUT2D eigenvalue weighted by Crippen LogP contribution is -2.64. The minimum atomic E-state index is -0.276. The average Bonchev–Trinajstić information content (AvgIpc) is 2.47.